The minimum absolute atomic E-state index is 0.0374. The Bertz CT molecular complexity index is 605. The zero-order chi connectivity index (χ0) is 16.2. The summed E-state index contributed by atoms with van der Waals surface area (Å²) in [4.78, 5) is 16.1. The predicted molar refractivity (Wildman–Crippen MR) is 85.9 cm³/mol. The van der Waals surface area contributed by atoms with Crippen molar-refractivity contribution in [2.45, 2.75) is 13.3 Å². The fourth-order valence-corrected chi connectivity index (χ4v) is 2.98. The highest BCUT2D eigenvalue weighted by Gasteiger charge is 2.21. The lowest BCUT2D eigenvalue weighted by Gasteiger charge is -2.34. The number of carbonyl (C=O) groups is 1. The predicted octanol–water partition coefficient (Wildman–Crippen LogP) is -0.0298. The van der Waals surface area contributed by atoms with Crippen LogP contribution in [0.3, 0.4) is 0 Å². The Labute approximate surface area is 131 Å². The van der Waals surface area contributed by atoms with Gasteiger partial charge in [0.05, 0.1) is 12.2 Å². The first-order valence-electron chi connectivity index (χ1n) is 7.40. The number of hydrogen-bond acceptors (Lipinski definition) is 4. The first kappa shape index (κ1) is 16.9. The van der Waals surface area contributed by atoms with Crippen molar-refractivity contribution in [2.24, 2.45) is 5.14 Å². The molecule has 0 bridgehead atoms. The lowest BCUT2D eigenvalue weighted by Crippen LogP contribution is -2.50. The summed E-state index contributed by atoms with van der Waals surface area (Å²) in [5, 5.41) is 5.01. The quantitative estimate of drug-likeness (QED) is 0.824. The van der Waals surface area contributed by atoms with E-state index in [1.807, 2.05) is 41.0 Å². The van der Waals surface area contributed by atoms with Crippen molar-refractivity contribution in [2.75, 3.05) is 38.5 Å². The second kappa shape index (κ2) is 7.21. The molecule has 122 valence electrons. The monoisotopic (exact) mass is 325 g/mol. The molecule has 1 aromatic rings. The molecule has 2 rings (SSSR count). The van der Waals surface area contributed by atoms with E-state index in [0.29, 0.717) is 39.1 Å². The third-order valence-corrected chi connectivity index (χ3v) is 4.64. The maximum atomic E-state index is 12.3. The van der Waals surface area contributed by atoms with Crippen molar-refractivity contribution >= 4 is 15.9 Å². The van der Waals surface area contributed by atoms with E-state index in [0.717, 1.165) is 5.56 Å². The molecule has 1 aromatic carbocycles. The van der Waals surface area contributed by atoms with Gasteiger partial charge in [-0.3, -0.25) is 9.69 Å². The Balaban J connectivity index is 1.78. The Kier molecular flexibility index (Phi) is 5.55. The highest BCUT2D eigenvalue weighted by Crippen LogP contribution is 2.08. The van der Waals surface area contributed by atoms with Crippen LogP contribution in [0.5, 0.6) is 0 Å². The number of primary sulfonamides is 1. The number of nitrogens with two attached hydrogens (primary N) is 1. The zero-order valence-corrected chi connectivity index (χ0v) is 13.7. The molecule has 2 N–H and O–H groups in total. The van der Waals surface area contributed by atoms with Gasteiger partial charge in [-0.15, -0.1) is 0 Å². The molecule has 0 saturated carbocycles. The average Bonchev–Trinajstić information content (AvgIpc) is 2.47. The van der Waals surface area contributed by atoms with E-state index in [1.54, 1.807) is 0 Å². The van der Waals surface area contributed by atoms with Crippen molar-refractivity contribution in [3.8, 4) is 0 Å². The molecule has 1 amide bonds. The van der Waals surface area contributed by atoms with Crippen molar-refractivity contribution < 1.29 is 13.2 Å². The molecule has 1 aliphatic heterocycles. The number of sulfonamides is 1. The molecule has 1 heterocycles. The fraction of sp³-hybridized carbons (Fsp3) is 0.533. The van der Waals surface area contributed by atoms with Crippen LogP contribution in [0.15, 0.2) is 24.3 Å². The van der Waals surface area contributed by atoms with Gasteiger partial charge in [0.2, 0.25) is 15.9 Å². The van der Waals surface area contributed by atoms with Crippen LogP contribution in [-0.2, 0) is 21.2 Å². The molecule has 0 unspecified atom stereocenters. The van der Waals surface area contributed by atoms with Crippen LogP contribution < -0.4 is 5.14 Å². The van der Waals surface area contributed by atoms with E-state index in [4.69, 9.17) is 5.14 Å². The van der Waals surface area contributed by atoms with Gasteiger partial charge in [0, 0.05) is 32.7 Å². The minimum Gasteiger partial charge on any atom is -0.340 e. The Morgan fingerprint density at radius 3 is 2.27 bits per heavy atom. The molecule has 0 radical (unpaired) electrons. The highest BCUT2D eigenvalue weighted by molar-refractivity contribution is 7.89. The molecule has 6 nitrogen and oxygen atoms in total. The fourth-order valence-electron chi connectivity index (χ4n) is 2.47. The van der Waals surface area contributed by atoms with Gasteiger partial charge in [0.1, 0.15) is 0 Å². The number of benzene rings is 1. The van der Waals surface area contributed by atoms with Gasteiger partial charge in [-0.1, -0.05) is 29.8 Å². The highest BCUT2D eigenvalue weighted by atomic mass is 32.2. The standard InChI is InChI=1S/C15H23N3O3S/c1-13-2-4-14(5-3-13)12-15(19)18-8-6-17(7-9-18)10-11-22(16,20)21/h2-5H,6-12H2,1H3,(H2,16,20,21). The molecule has 0 aliphatic carbocycles. The summed E-state index contributed by atoms with van der Waals surface area (Å²) in [6.45, 7) is 5.10. The number of carbonyl (C=O) groups excluding carboxylic acids is 1. The summed E-state index contributed by atoms with van der Waals surface area (Å²) >= 11 is 0. The lowest BCUT2D eigenvalue weighted by atomic mass is 10.1. The topological polar surface area (TPSA) is 83.7 Å². The summed E-state index contributed by atoms with van der Waals surface area (Å²) in [5.74, 6) is 0.0829. The van der Waals surface area contributed by atoms with Gasteiger partial charge >= 0.3 is 0 Å². The molecular weight excluding hydrogens is 302 g/mol. The lowest BCUT2D eigenvalue weighted by molar-refractivity contribution is -0.132. The summed E-state index contributed by atoms with van der Waals surface area (Å²) in [6.07, 6.45) is 0.414. The SMILES string of the molecule is Cc1ccc(CC(=O)N2CCN(CCS(N)(=O)=O)CC2)cc1. The van der Waals surface area contributed by atoms with Gasteiger partial charge in [-0.2, -0.15) is 0 Å². The molecular formula is C15H23N3O3S. The van der Waals surface area contributed by atoms with Gasteiger partial charge in [0.15, 0.2) is 0 Å². The number of piperazine rings is 1. The summed E-state index contributed by atoms with van der Waals surface area (Å²) in [6, 6.07) is 7.98. The van der Waals surface area contributed by atoms with Gasteiger partial charge in [-0.25, -0.2) is 13.6 Å². The molecule has 0 atom stereocenters. The van der Waals surface area contributed by atoms with Gasteiger partial charge in [-0.05, 0) is 12.5 Å². The first-order chi connectivity index (χ1) is 10.3. The van der Waals surface area contributed by atoms with E-state index < -0.39 is 10.0 Å². The minimum atomic E-state index is -3.42. The molecule has 0 aromatic heterocycles. The molecule has 7 heteroatoms. The van der Waals surface area contributed by atoms with E-state index >= 15 is 0 Å². The van der Waals surface area contributed by atoms with Crippen molar-refractivity contribution in [1.82, 2.24) is 9.80 Å². The van der Waals surface area contributed by atoms with Crippen LogP contribution in [0.25, 0.3) is 0 Å². The number of aryl methyl sites for hydroxylation is 1. The smallest absolute Gasteiger partial charge is 0.227 e. The maximum absolute atomic E-state index is 12.3. The average molecular weight is 325 g/mol. The van der Waals surface area contributed by atoms with E-state index in [1.165, 1.54) is 5.56 Å². The third-order valence-electron chi connectivity index (χ3n) is 3.89. The van der Waals surface area contributed by atoms with Crippen LogP contribution in [0.4, 0.5) is 0 Å². The van der Waals surface area contributed by atoms with Crippen LogP contribution in [0, 0.1) is 6.92 Å². The van der Waals surface area contributed by atoms with Crippen LogP contribution in [-0.4, -0.2) is 62.6 Å². The summed E-state index contributed by atoms with van der Waals surface area (Å²) in [5.41, 5.74) is 2.20. The summed E-state index contributed by atoms with van der Waals surface area (Å²) < 4.78 is 21.9. The Hall–Kier alpha value is -1.44. The Morgan fingerprint density at radius 1 is 1.14 bits per heavy atom. The van der Waals surface area contributed by atoms with Crippen LogP contribution in [0.1, 0.15) is 11.1 Å². The third kappa shape index (κ3) is 5.40. The maximum Gasteiger partial charge on any atom is 0.227 e. The zero-order valence-electron chi connectivity index (χ0n) is 12.9. The number of hydrogen-bond donors (Lipinski definition) is 1. The van der Waals surface area contributed by atoms with E-state index in [9.17, 15) is 13.2 Å². The number of nitrogens with zero attached hydrogens (tertiary/aromatic N) is 2. The summed E-state index contributed by atoms with van der Waals surface area (Å²) in [7, 11) is -3.42. The number of amides is 1. The van der Waals surface area contributed by atoms with Crippen LogP contribution in [0.2, 0.25) is 0 Å². The number of rotatable bonds is 5. The Morgan fingerprint density at radius 2 is 1.73 bits per heavy atom. The van der Waals surface area contributed by atoms with E-state index in [2.05, 4.69) is 0 Å². The largest absolute Gasteiger partial charge is 0.340 e. The van der Waals surface area contributed by atoms with Crippen molar-refractivity contribution in [3.05, 3.63) is 35.4 Å². The van der Waals surface area contributed by atoms with E-state index in [-0.39, 0.29) is 11.7 Å². The normalized spacial score (nSPS) is 16.7. The van der Waals surface area contributed by atoms with Gasteiger partial charge in [0.25, 0.3) is 0 Å². The molecule has 1 fully saturated rings. The molecule has 0 spiro atoms. The molecule has 1 saturated heterocycles. The molecule has 22 heavy (non-hydrogen) atoms. The van der Waals surface area contributed by atoms with Crippen LogP contribution >= 0.6 is 0 Å². The van der Waals surface area contributed by atoms with Gasteiger partial charge < -0.3 is 4.90 Å². The van der Waals surface area contributed by atoms with Crippen molar-refractivity contribution in [1.29, 1.82) is 0 Å². The second-order valence-electron chi connectivity index (χ2n) is 5.75. The van der Waals surface area contributed by atoms with Crippen molar-refractivity contribution in [3.63, 3.8) is 0 Å². The molecule has 1 aliphatic rings. The first-order valence-corrected chi connectivity index (χ1v) is 9.11. The second-order valence-corrected chi connectivity index (χ2v) is 7.49.